The number of carbonyl (C=O) groups excluding carboxylic acids is 1. The van der Waals surface area contributed by atoms with Crippen LogP contribution in [0.25, 0.3) is 0 Å². The molecule has 1 aromatic carbocycles. The van der Waals surface area contributed by atoms with Crippen LogP contribution in [-0.2, 0) is 0 Å². The quantitative estimate of drug-likeness (QED) is 0.535. The lowest BCUT2D eigenvalue weighted by Crippen LogP contribution is -2.17. The van der Waals surface area contributed by atoms with Crippen LogP contribution < -0.4 is 5.43 Å². The minimum absolute atomic E-state index is 0.0209. The molecule has 2 aromatic rings. The molecular weight excluding hydrogens is 302 g/mol. The molecule has 1 heterocycles. The molecule has 1 N–H and O–H groups in total. The summed E-state index contributed by atoms with van der Waals surface area (Å²) >= 11 is 6.74. The van der Waals surface area contributed by atoms with Crippen molar-refractivity contribution in [2.75, 3.05) is 0 Å². The molecule has 6 nitrogen and oxygen atoms in total. The largest absolute Gasteiger partial charge is 0.324 e. The first kappa shape index (κ1) is 14.2. The van der Waals surface area contributed by atoms with Crippen molar-refractivity contribution in [1.29, 1.82) is 0 Å². The number of amides is 1. The predicted octanol–water partition coefficient (Wildman–Crippen LogP) is 3.07. The van der Waals surface area contributed by atoms with Crippen LogP contribution in [0.2, 0.25) is 5.02 Å². The topological polar surface area (TPSA) is 84.6 Å². The van der Waals surface area contributed by atoms with Crippen molar-refractivity contribution in [2.24, 2.45) is 5.10 Å². The van der Waals surface area contributed by atoms with Gasteiger partial charge in [-0.2, -0.15) is 5.10 Å². The van der Waals surface area contributed by atoms with Gasteiger partial charge in [0.1, 0.15) is 0 Å². The second kappa shape index (κ2) is 6.27. The molecule has 0 saturated heterocycles. The maximum Gasteiger partial charge on any atom is 0.324 e. The van der Waals surface area contributed by atoms with Crippen LogP contribution in [0.5, 0.6) is 0 Å². The van der Waals surface area contributed by atoms with Crippen LogP contribution in [-0.4, -0.2) is 17.0 Å². The van der Waals surface area contributed by atoms with Gasteiger partial charge in [0.25, 0.3) is 5.91 Å². The highest BCUT2D eigenvalue weighted by Gasteiger charge is 2.08. The summed E-state index contributed by atoms with van der Waals surface area (Å²) in [4.78, 5) is 22.3. The van der Waals surface area contributed by atoms with Crippen molar-refractivity contribution < 1.29 is 9.72 Å². The number of hydrazone groups is 1. The highest BCUT2D eigenvalue weighted by atomic mass is 35.5. The Morgan fingerprint density at radius 2 is 2.20 bits per heavy atom. The lowest BCUT2D eigenvalue weighted by Gasteiger charge is -1.99. The van der Waals surface area contributed by atoms with E-state index in [-0.39, 0.29) is 5.00 Å². The molecule has 20 heavy (non-hydrogen) atoms. The normalized spacial score (nSPS) is 10.7. The third-order valence-electron chi connectivity index (χ3n) is 2.24. The van der Waals surface area contributed by atoms with Gasteiger partial charge >= 0.3 is 5.00 Å². The van der Waals surface area contributed by atoms with Crippen molar-refractivity contribution in [3.63, 3.8) is 0 Å². The Morgan fingerprint density at radius 3 is 2.85 bits per heavy atom. The van der Waals surface area contributed by atoms with E-state index in [0.717, 1.165) is 11.3 Å². The average molecular weight is 310 g/mol. The van der Waals surface area contributed by atoms with Crippen molar-refractivity contribution in [3.8, 4) is 0 Å². The monoisotopic (exact) mass is 309 g/mol. The molecule has 0 aliphatic carbocycles. The van der Waals surface area contributed by atoms with E-state index in [2.05, 4.69) is 10.5 Å². The van der Waals surface area contributed by atoms with Crippen molar-refractivity contribution in [3.05, 3.63) is 62.0 Å². The molecule has 0 radical (unpaired) electrons. The molecular formula is C12H8ClN3O3S. The van der Waals surface area contributed by atoms with Gasteiger partial charge in [-0.05, 0) is 24.3 Å². The zero-order chi connectivity index (χ0) is 14.5. The van der Waals surface area contributed by atoms with E-state index >= 15 is 0 Å². The number of rotatable bonds is 4. The second-order valence-corrected chi connectivity index (χ2v) is 5.17. The number of carbonyl (C=O) groups is 1. The fourth-order valence-corrected chi connectivity index (χ4v) is 2.24. The summed E-state index contributed by atoms with van der Waals surface area (Å²) in [5, 5.41) is 14.7. The predicted molar refractivity (Wildman–Crippen MR) is 77.5 cm³/mol. The fourth-order valence-electron chi connectivity index (χ4n) is 1.36. The SMILES string of the molecule is O=C(N/N=C\c1ccc([N+](=O)[O-])s1)c1cccc(Cl)c1. The number of nitrogens with one attached hydrogen (secondary N) is 1. The molecule has 0 fully saturated rings. The van der Waals surface area contributed by atoms with E-state index < -0.39 is 10.8 Å². The Morgan fingerprint density at radius 1 is 1.40 bits per heavy atom. The second-order valence-electron chi connectivity index (χ2n) is 3.64. The maximum absolute atomic E-state index is 11.7. The molecule has 0 aliphatic rings. The molecule has 0 saturated carbocycles. The summed E-state index contributed by atoms with van der Waals surface area (Å²) in [6.45, 7) is 0. The van der Waals surface area contributed by atoms with Gasteiger partial charge < -0.3 is 0 Å². The molecule has 0 spiro atoms. The number of halogens is 1. The Labute approximate surface area is 122 Å². The number of hydrogen-bond acceptors (Lipinski definition) is 5. The van der Waals surface area contributed by atoms with Gasteiger partial charge in [-0.15, -0.1) is 0 Å². The molecule has 1 amide bonds. The molecule has 8 heteroatoms. The van der Waals surface area contributed by atoms with E-state index in [1.165, 1.54) is 18.3 Å². The molecule has 0 atom stereocenters. The third-order valence-corrected chi connectivity index (χ3v) is 3.44. The van der Waals surface area contributed by atoms with Crippen molar-refractivity contribution >= 4 is 40.1 Å². The zero-order valence-corrected chi connectivity index (χ0v) is 11.5. The number of nitro groups is 1. The summed E-state index contributed by atoms with van der Waals surface area (Å²) < 4.78 is 0. The molecule has 0 aliphatic heterocycles. The Hall–Kier alpha value is -2.25. The number of benzene rings is 1. The smallest absolute Gasteiger partial charge is 0.267 e. The highest BCUT2D eigenvalue weighted by Crippen LogP contribution is 2.22. The standard InChI is InChI=1S/C12H8ClN3O3S/c13-9-3-1-2-8(6-9)12(17)15-14-7-10-4-5-11(20-10)16(18)19/h1-7H,(H,15,17)/b14-7-. The Bertz CT molecular complexity index is 684. The number of hydrogen-bond donors (Lipinski definition) is 1. The van der Waals surface area contributed by atoms with Crippen LogP contribution in [0, 0.1) is 10.1 Å². The van der Waals surface area contributed by atoms with Gasteiger partial charge in [0, 0.05) is 16.7 Å². The van der Waals surface area contributed by atoms with Gasteiger partial charge in [0.2, 0.25) is 0 Å². The summed E-state index contributed by atoms with van der Waals surface area (Å²) in [6.07, 6.45) is 1.35. The van der Waals surface area contributed by atoms with Gasteiger partial charge in [0.15, 0.2) is 0 Å². The van der Waals surface area contributed by atoms with Gasteiger partial charge in [-0.3, -0.25) is 14.9 Å². The maximum atomic E-state index is 11.7. The van der Waals surface area contributed by atoms with Crippen LogP contribution >= 0.6 is 22.9 Å². The lowest BCUT2D eigenvalue weighted by molar-refractivity contribution is -0.380. The average Bonchev–Trinajstić information content (AvgIpc) is 2.87. The van der Waals surface area contributed by atoms with Gasteiger partial charge in [-0.25, -0.2) is 5.43 Å². The number of thiophene rings is 1. The van der Waals surface area contributed by atoms with E-state index in [1.807, 2.05) is 0 Å². The molecule has 1 aromatic heterocycles. The number of nitrogens with zero attached hydrogens (tertiary/aromatic N) is 2. The van der Waals surface area contributed by atoms with E-state index in [0.29, 0.717) is 15.5 Å². The van der Waals surface area contributed by atoms with Crippen LogP contribution in [0.15, 0.2) is 41.5 Å². The highest BCUT2D eigenvalue weighted by molar-refractivity contribution is 7.16. The minimum Gasteiger partial charge on any atom is -0.267 e. The fraction of sp³-hybridized carbons (Fsp3) is 0. The van der Waals surface area contributed by atoms with Crippen molar-refractivity contribution in [1.82, 2.24) is 5.43 Å². The summed E-state index contributed by atoms with van der Waals surface area (Å²) in [5.41, 5.74) is 2.70. The van der Waals surface area contributed by atoms with E-state index in [9.17, 15) is 14.9 Å². The molecule has 0 unspecified atom stereocenters. The van der Waals surface area contributed by atoms with Crippen LogP contribution in [0.1, 0.15) is 15.2 Å². The lowest BCUT2D eigenvalue weighted by atomic mass is 10.2. The Kier molecular flexibility index (Phi) is 4.44. The Balaban J connectivity index is 1.99. The summed E-state index contributed by atoms with van der Waals surface area (Å²) in [7, 11) is 0. The van der Waals surface area contributed by atoms with Crippen molar-refractivity contribution in [2.45, 2.75) is 0 Å². The van der Waals surface area contributed by atoms with Crippen LogP contribution in [0.3, 0.4) is 0 Å². The molecule has 0 bridgehead atoms. The summed E-state index contributed by atoms with van der Waals surface area (Å²) in [5.74, 6) is -0.408. The third kappa shape index (κ3) is 3.62. The first-order valence-corrected chi connectivity index (χ1v) is 6.59. The minimum atomic E-state index is -0.480. The summed E-state index contributed by atoms with van der Waals surface area (Å²) in [6, 6.07) is 9.37. The first-order valence-electron chi connectivity index (χ1n) is 5.39. The van der Waals surface area contributed by atoms with E-state index in [4.69, 9.17) is 11.6 Å². The molecule has 102 valence electrons. The van der Waals surface area contributed by atoms with E-state index in [1.54, 1.807) is 24.3 Å². The van der Waals surface area contributed by atoms with Crippen LogP contribution in [0.4, 0.5) is 5.00 Å². The zero-order valence-electron chi connectivity index (χ0n) is 9.95. The van der Waals surface area contributed by atoms with Gasteiger partial charge in [0.05, 0.1) is 16.0 Å². The molecule has 2 rings (SSSR count). The first-order chi connectivity index (χ1) is 9.56. The van der Waals surface area contributed by atoms with Gasteiger partial charge in [-0.1, -0.05) is 29.0 Å².